The number of nitrogens with one attached hydrogen (secondary N) is 1. The van der Waals surface area contributed by atoms with Crippen LogP contribution in [0.25, 0.3) is 0 Å². The van der Waals surface area contributed by atoms with E-state index >= 15 is 0 Å². The van der Waals surface area contributed by atoms with Crippen LogP contribution in [0.5, 0.6) is 0 Å². The normalized spacial score (nSPS) is 20.3. The molecular formula is C14H18BrFN2O. The number of nitrogens with zero attached hydrogens (tertiary/aromatic N) is 1. The summed E-state index contributed by atoms with van der Waals surface area (Å²) in [6, 6.07) is 4.50. The average molecular weight is 329 g/mol. The molecule has 3 nitrogen and oxygen atoms in total. The monoisotopic (exact) mass is 328 g/mol. The molecule has 1 N–H and O–H groups in total. The summed E-state index contributed by atoms with van der Waals surface area (Å²) in [5, 5.41) is 2.93. The van der Waals surface area contributed by atoms with Crippen molar-refractivity contribution in [2.45, 2.75) is 25.3 Å². The number of hydrogen-bond donors (Lipinski definition) is 1. The fourth-order valence-corrected chi connectivity index (χ4v) is 2.91. The number of halogens is 2. The lowest BCUT2D eigenvalue weighted by Gasteiger charge is -2.32. The van der Waals surface area contributed by atoms with Gasteiger partial charge in [0.15, 0.2) is 0 Å². The molecule has 1 amide bonds. The van der Waals surface area contributed by atoms with Crippen LogP contribution >= 0.6 is 15.9 Å². The Morgan fingerprint density at radius 3 is 3.00 bits per heavy atom. The Morgan fingerprint density at radius 1 is 1.53 bits per heavy atom. The fraction of sp³-hybridized carbons (Fsp3) is 0.500. The molecule has 1 aromatic rings. The summed E-state index contributed by atoms with van der Waals surface area (Å²) < 4.78 is 13.5. The van der Waals surface area contributed by atoms with Gasteiger partial charge in [0.1, 0.15) is 5.82 Å². The largest absolute Gasteiger partial charge is 0.350 e. The molecule has 0 spiro atoms. The van der Waals surface area contributed by atoms with Gasteiger partial charge in [-0.1, -0.05) is 6.42 Å². The molecule has 1 saturated heterocycles. The second-order valence-corrected chi connectivity index (χ2v) is 5.82. The van der Waals surface area contributed by atoms with Crippen molar-refractivity contribution in [3.05, 3.63) is 34.1 Å². The molecule has 1 unspecified atom stereocenters. The predicted molar refractivity (Wildman–Crippen MR) is 76.7 cm³/mol. The summed E-state index contributed by atoms with van der Waals surface area (Å²) in [6.45, 7) is 1.72. The first kappa shape index (κ1) is 14.5. The molecule has 104 valence electrons. The van der Waals surface area contributed by atoms with E-state index in [2.05, 4.69) is 33.2 Å². The topological polar surface area (TPSA) is 32.3 Å². The minimum atomic E-state index is -0.351. The highest BCUT2D eigenvalue weighted by molar-refractivity contribution is 9.10. The van der Waals surface area contributed by atoms with Gasteiger partial charge in [-0.2, -0.15) is 0 Å². The molecular weight excluding hydrogens is 311 g/mol. The van der Waals surface area contributed by atoms with E-state index in [4.69, 9.17) is 0 Å². The van der Waals surface area contributed by atoms with E-state index in [0.717, 1.165) is 13.0 Å². The molecule has 1 atom stereocenters. The lowest BCUT2D eigenvalue weighted by molar-refractivity contribution is 0.0927. The summed E-state index contributed by atoms with van der Waals surface area (Å²) in [4.78, 5) is 14.3. The first-order chi connectivity index (χ1) is 9.08. The van der Waals surface area contributed by atoms with Gasteiger partial charge in [-0.25, -0.2) is 4.39 Å². The summed E-state index contributed by atoms with van der Waals surface area (Å²) in [6.07, 6.45) is 3.55. The molecule has 1 aliphatic heterocycles. The number of likely N-dealkylation sites (N-methyl/N-ethyl adjacent to an activating group) is 1. The minimum Gasteiger partial charge on any atom is -0.350 e. The molecule has 1 fully saturated rings. The molecule has 0 saturated carbocycles. The summed E-state index contributed by atoms with van der Waals surface area (Å²) >= 11 is 3.21. The third-order valence-electron chi connectivity index (χ3n) is 3.60. The van der Waals surface area contributed by atoms with Crippen LogP contribution in [0.3, 0.4) is 0 Å². The number of benzene rings is 1. The van der Waals surface area contributed by atoms with Crippen LogP contribution in [0, 0.1) is 5.82 Å². The maximum Gasteiger partial charge on any atom is 0.252 e. The molecule has 19 heavy (non-hydrogen) atoms. The zero-order chi connectivity index (χ0) is 13.8. The van der Waals surface area contributed by atoms with E-state index in [0.29, 0.717) is 22.6 Å². The van der Waals surface area contributed by atoms with E-state index in [1.165, 1.54) is 31.0 Å². The van der Waals surface area contributed by atoms with Gasteiger partial charge in [-0.15, -0.1) is 0 Å². The van der Waals surface area contributed by atoms with Crippen LogP contribution in [-0.4, -0.2) is 37.0 Å². The van der Waals surface area contributed by atoms with E-state index in [-0.39, 0.29) is 11.7 Å². The van der Waals surface area contributed by atoms with Crippen molar-refractivity contribution < 1.29 is 9.18 Å². The molecule has 1 heterocycles. The van der Waals surface area contributed by atoms with E-state index in [1.807, 2.05) is 0 Å². The van der Waals surface area contributed by atoms with Crippen LogP contribution in [0.4, 0.5) is 4.39 Å². The van der Waals surface area contributed by atoms with Crippen molar-refractivity contribution in [3.8, 4) is 0 Å². The highest BCUT2D eigenvalue weighted by Crippen LogP contribution is 2.18. The molecule has 1 aliphatic rings. The molecule has 2 rings (SSSR count). The summed E-state index contributed by atoms with van der Waals surface area (Å²) in [5.41, 5.74) is 0.472. The smallest absolute Gasteiger partial charge is 0.252 e. The van der Waals surface area contributed by atoms with Gasteiger partial charge in [0, 0.05) is 17.1 Å². The molecule has 1 aromatic carbocycles. The Bertz CT molecular complexity index is 467. The predicted octanol–water partition coefficient (Wildman–Crippen LogP) is 2.80. The standard InChI is InChI=1S/C14H18BrFN2O/c1-18-7-3-2-4-11(18)9-17-14(19)12-6-5-10(16)8-13(12)15/h5-6,8,11H,2-4,7,9H2,1H3,(H,17,19). The summed E-state index contributed by atoms with van der Waals surface area (Å²) in [7, 11) is 2.09. The Hall–Kier alpha value is -0.940. The van der Waals surface area contributed by atoms with Crippen molar-refractivity contribution >= 4 is 21.8 Å². The van der Waals surface area contributed by atoms with E-state index < -0.39 is 0 Å². The van der Waals surface area contributed by atoms with E-state index in [9.17, 15) is 9.18 Å². The van der Waals surface area contributed by atoms with Gasteiger partial charge in [0.05, 0.1) is 5.56 Å². The second-order valence-electron chi connectivity index (χ2n) is 4.96. The number of carbonyl (C=O) groups is 1. The van der Waals surface area contributed by atoms with Gasteiger partial charge in [-0.3, -0.25) is 4.79 Å². The van der Waals surface area contributed by atoms with Gasteiger partial charge in [0.25, 0.3) is 5.91 Å². The van der Waals surface area contributed by atoms with Crippen LogP contribution < -0.4 is 5.32 Å². The SMILES string of the molecule is CN1CCCCC1CNC(=O)c1ccc(F)cc1Br. The third-order valence-corrected chi connectivity index (χ3v) is 4.25. The minimum absolute atomic E-state index is 0.161. The Balaban J connectivity index is 1.93. The van der Waals surface area contributed by atoms with Crippen molar-refractivity contribution in [3.63, 3.8) is 0 Å². The highest BCUT2D eigenvalue weighted by Gasteiger charge is 2.20. The molecule has 0 bridgehead atoms. The van der Waals surface area contributed by atoms with Gasteiger partial charge >= 0.3 is 0 Å². The number of amides is 1. The molecule has 0 aromatic heterocycles. The Morgan fingerprint density at radius 2 is 2.32 bits per heavy atom. The second kappa shape index (κ2) is 6.48. The zero-order valence-corrected chi connectivity index (χ0v) is 12.5. The number of carbonyl (C=O) groups excluding carboxylic acids is 1. The first-order valence-electron chi connectivity index (χ1n) is 6.51. The lowest BCUT2D eigenvalue weighted by atomic mass is 10.0. The molecule has 0 radical (unpaired) electrons. The van der Waals surface area contributed by atoms with Crippen LogP contribution in [0.15, 0.2) is 22.7 Å². The van der Waals surface area contributed by atoms with Crippen molar-refractivity contribution in [2.75, 3.05) is 20.1 Å². The number of rotatable bonds is 3. The van der Waals surface area contributed by atoms with Crippen molar-refractivity contribution in [2.24, 2.45) is 0 Å². The van der Waals surface area contributed by atoms with Crippen molar-refractivity contribution in [1.82, 2.24) is 10.2 Å². The molecule has 0 aliphatic carbocycles. The van der Waals surface area contributed by atoms with Crippen LogP contribution in [-0.2, 0) is 0 Å². The Kier molecular flexibility index (Phi) is 4.93. The fourth-order valence-electron chi connectivity index (χ4n) is 2.38. The van der Waals surface area contributed by atoms with Crippen LogP contribution in [0.2, 0.25) is 0 Å². The highest BCUT2D eigenvalue weighted by atomic mass is 79.9. The number of piperidine rings is 1. The molecule has 5 heteroatoms. The first-order valence-corrected chi connectivity index (χ1v) is 7.30. The number of likely N-dealkylation sites (tertiary alicyclic amines) is 1. The maximum absolute atomic E-state index is 13.0. The number of hydrogen-bond acceptors (Lipinski definition) is 2. The third kappa shape index (κ3) is 3.76. The quantitative estimate of drug-likeness (QED) is 0.925. The zero-order valence-electron chi connectivity index (χ0n) is 11.0. The van der Waals surface area contributed by atoms with Crippen molar-refractivity contribution in [1.29, 1.82) is 0 Å². The van der Waals surface area contributed by atoms with Gasteiger partial charge in [0.2, 0.25) is 0 Å². The van der Waals surface area contributed by atoms with E-state index in [1.54, 1.807) is 0 Å². The maximum atomic E-state index is 13.0. The Labute approximate surface area is 121 Å². The summed E-state index contributed by atoms with van der Waals surface area (Å²) in [5.74, 6) is -0.513. The lowest BCUT2D eigenvalue weighted by Crippen LogP contribution is -2.44. The average Bonchev–Trinajstić information content (AvgIpc) is 2.37. The van der Waals surface area contributed by atoms with Crippen LogP contribution in [0.1, 0.15) is 29.6 Å². The van der Waals surface area contributed by atoms with Gasteiger partial charge < -0.3 is 10.2 Å². The van der Waals surface area contributed by atoms with Gasteiger partial charge in [-0.05, 0) is 60.6 Å².